The predicted octanol–water partition coefficient (Wildman–Crippen LogP) is 5.51. The van der Waals surface area contributed by atoms with Crippen LogP contribution in [0.2, 0.25) is 10.0 Å². The summed E-state index contributed by atoms with van der Waals surface area (Å²) < 4.78 is 12.0. The number of aryl methyl sites for hydroxylation is 1. The molecule has 0 amide bonds. The second kappa shape index (κ2) is 5.86. The molecule has 1 aliphatic heterocycles. The number of rotatable bonds is 1. The highest BCUT2D eigenvalue weighted by atomic mass is 35.5. The van der Waals surface area contributed by atoms with Crippen LogP contribution in [0.25, 0.3) is 0 Å². The van der Waals surface area contributed by atoms with Gasteiger partial charge in [0.2, 0.25) is 0 Å². The maximum Gasteiger partial charge on any atom is 0.146 e. The summed E-state index contributed by atoms with van der Waals surface area (Å²) in [5, 5.41) is 22.3. The molecule has 6 heteroatoms. The molecule has 1 aliphatic carbocycles. The minimum Gasteiger partial charge on any atom is -0.508 e. The van der Waals surface area contributed by atoms with Crippen molar-refractivity contribution >= 4 is 23.2 Å². The maximum absolute atomic E-state index is 10.9. The molecule has 0 fully saturated rings. The molecule has 2 atom stereocenters. The SMILES string of the molecule is COc1c(Cl)c(C)c(Cl)c2c1[C@H]1c3c(O)c(C)cc(O)c3C[C@@H]1C(C)(C)O2. The molecule has 27 heavy (non-hydrogen) atoms. The largest absolute Gasteiger partial charge is 0.508 e. The molecular weight excluding hydrogens is 387 g/mol. The first-order valence-electron chi connectivity index (χ1n) is 8.88. The fraction of sp³-hybridized carbons (Fsp3) is 0.429. The van der Waals surface area contributed by atoms with E-state index in [1.165, 1.54) is 0 Å². The fourth-order valence-electron chi connectivity index (χ4n) is 4.63. The van der Waals surface area contributed by atoms with Crippen LogP contribution < -0.4 is 9.47 Å². The summed E-state index contributed by atoms with van der Waals surface area (Å²) in [6.45, 7) is 7.62. The van der Waals surface area contributed by atoms with Crippen LogP contribution >= 0.6 is 23.2 Å². The lowest BCUT2D eigenvalue weighted by Crippen LogP contribution is -2.44. The summed E-state index contributed by atoms with van der Waals surface area (Å²) in [7, 11) is 1.56. The first kappa shape index (κ1) is 18.6. The average molecular weight is 409 g/mol. The molecule has 1 heterocycles. The third kappa shape index (κ3) is 2.36. The van der Waals surface area contributed by atoms with E-state index >= 15 is 0 Å². The molecule has 0 spiro atoms. The van der Waals surface area contributed by atoms with Gasteiger partial charge in [0, 0.05) is 28.5 Å². The molecular formula is C21H22Cl2O4. The zero-order valence-electron chi connectivity index (χ0n) is 15.9. The summed E-state index contributed by atoms with van der Waals surface area (Å²) >= 11 is 13.2. The number of phenolic OH excluding ortho intramolecular Hbond substituents is 2. The zero-order valence-corrected chi connectivity index (χ0v) is 17.4. The van der Waals surface area contributed by atoms with Crippen molar-refractivity contribution in [2.45, 2.75) is 45.6 Å². The van der Waals surface area contributed by atoms with E-state index < -0.39 is 5.60 Å². The second-order valence-corrected chi connectivity index (χ2v) is 8.73. The second-order valence-electron chi connectivity index (χ2n) is 7.98. The van der Waals surface area contributed by atoms with Crippen LogP contribution in [0.4, 0.5) is 0 Å². The number of methoxy groups -OCH3 is 1. The molecule has 2 N–H and O–H groups in total. The molecule has 4 nitrogen and oxygen atoms in total. The van der Waals surface area contributed by atoms with Gasteiger partial charge < -0.3 is 19.7 Å². The van der Waals surface area contributed by atoms with Crippen LogP contribution in [-0.4, -0.2) is 22.9 Å². The Hall–Kier alpha value is -1.78. The monoisotopic (exact) mass is 408 g/mol. The Morgan fingerprint density at radius 3 is 2.44 bits per heavy atom. The fourth-order valence-corrected chi connectivity index (χ4v) is 5.19. The number of hydrogen-bond acceptors (Lipinski definition) is 4. The molecule has 2 aliphatic rings. The molecule has 144 valence electrons. The van der Waals surface area contributed by atoms with Gasteiger partial charge in [-0.05, 0) is 51.3 Å². The van der Waals surface area contributed by atoms with Gasteiger partial charge in [-0.1, -0.05) is 23.2 Å². The number of ether oxygens (including phenoxy) is 2. The maximum atomic E-state index is 10.9. The zero-order chi connectivity index (χ0) is 19.8. The highest BCUT2D eigenvalue weighted by molar-refractivity contribution is 6.38. The van der Waals surface area contributed by atoms with Crippen LogP contribution in [0.1, 0.15) is 47.6 Å². The average Bonchev–Trinajstić information content (AvgIpc) is 3.02. The Morgan fingerprint density at radius 1 is 1.15 bits per heavy atom. The molecule has 0 unspecified atom stereocenters. The van der Waals surface area contributed by atoms with Crippen molar-refractivity contribution in [2.75, 3.05) is 7.11 Å². The Kier molecular flexibility index (Phi) is 4.03. The van der Waals surface area contributed by atoms with Gasteiger partial charge in [0.1, 0.15) is 28.6 Å². The van der Waals surface area contributed by atoms with E-state index in [1.54, 1.807) is 20.1 Å². The molecule has 0 saturated carbocycles. The van der Waals surface area contributed by atoms with E-state index in [4.69, 9.17) is 32.7 Å². The van der Waals surface area contributed by atoms with Crippen molar-refractivity contribution < 1.29 is 19.7 Å². The van der Waals surface area contributed by atoms with Gasteiger partial charge in [-0.25, -0.2) is 0 Å². The predicted molar refractivity (Wildman–Crippen MR) is 106 cm³/mol. The molecule has 0 radical (unpaired) electrons. The van der Waals surface area contributed by atoms with E-state index in [0.717, 1.165) is 11.1 Å². The van der Waals surface area contributed by atoms with Gasteiger partial charge in [-0.15, -0.1) is 0 Å². The van der Waals surface area contributed by atoms with E-state index in [9.17, 15) is 10.2 Å². The number of phenols is 2. The lowest BCUT2D eigenvalue weighted by molar-refractivity contribution is 0.0220. The Balaban J connectivity index is 2.13. The summed E-state index contributed by atoms with van der Waals surface area (Å²) in [6.07, 6.45) is 0.582. The molecule has 0 saturated heterocycles. The van der Waals surface area contributed by atoms with E-state index in [1.807, 2.05) is 20.8 Å². The molecule has 0 bridgehead atoms. The Labute approximate surface area is 168 Å². The van der Waals surface area contributed by atoms with Gasteiger partial charge in [-0.3, -0.25) is 0 Å². The van der Waals surface area contributed by atoms with Crippen molar-refractivity contribution in [1.82, 2.24) is 0 Å². The van der Waals surface area contributed by atoms with E-state index in [2.05, 4.69) is 0 Å². The quantitative estimate of drug-likeness (QED) is 0.611. The van der Waals surface area contributed by atoms with Crippen LogP contribution in [0.15, 0.2) is 6.07 Å². The summed E-state index contributed by atoms with van der Waals surface area (Å²) in [6, 6.07) is 1.60. The summed E-state index contributed by atoms with van der Waals surface area (Å²) in [5.74, 6) is 1.17. The lowest BCUT2D eigenvalue weighted by Gasteiger charge is -2.43. The van der Waals surface area contributed by atoms with Crippen molar-refractivity contribution in [2.24, 2.45) is 5.92 Å². The number of fused-ring (bicyclic) bond motifs is 5. The van der Waals surface area contributed by atoms with Crippen molar-refractivity contribution in [3.05, 3.63) is 43.9 Å². The molecule has 0 aromatic heterocycles. The molecule has 2 aromatic carbocycles. The van der Waals surface area contributed by atoms with E-state index in [-0.39, 0.29) is 23.3 Å². The van der Waals surface area contributed by atoms with Crippen LogP contribution in [0.5, 0.6) is 23.0 Å². The Bertz CT molecular complexity index is 981. The first-order valence-corrected chi connectivity index (χ1v) is 9.64. The van der Waals surface area contributed by atoms with E-state index in [0.29, 0.717) is 44.7 Å². The summed E-state index contributed by atoms with van der Waals surface area (Å²) in [5.41, 5.74) is 2.95. The van der Waals surface area contributed by atoms with Crippen molar-refractivity contribution in [1.29, 1.82) is 0 Å². The van der Waals surface area contributed by atoms with Crippen LogP contribution in [-0.2, 0) is 6.42 Å². The first-order chi connectivity index (χ1) is 12.6. The molecule has 4 rings (SSSR count). The van der Waals surface area contributed by atoms with Gasteiger partial charge in [0.25, 0.3) is 0 Å². The highest BCUT2D eigenvalue weighted by Gasteiger charge is 2.53. The molecule has 2 aromatic rings. The Morgan fingerprint density at radius 2 is 1.81 bits per heavy atom. The topological polar surface area (TPSA) is 58.9 Å². The standard InChI is InChI=1S/C21H22Cl2O4/c1-8-6-12(24)10-7-11-14(13(10)18(8)25)15-19(26-5)16(22)9(2)17(23)20(15)27-21(11,3)4/h6,11,14,24-25H,7H2,1-5H3/t11-,14+/m0/s1. The van der Waals surface area contributed by atoms with Gasteiger partial charge >= 0.3 is 0 Å². The smallest absolute Gasteiger partial charge is 0.146 e. The van der Waals surface area contributed by atoms with Gasteiger partial charge in [0.15, 0.2) is 0 Å². The normalized spacial score (nSPS) is 21.9. The number of aromatic hydroxyl groups is 2. The van der Waals surface area contributed by atoms with Crippen molar-refractivity contribution in [3.8, 4) is 23.0 Å². The van der Waals surface area contributed by atoms with Gasteiger partial charge in [0.05, 0.1) is 17.2 Å². The third-order valence-corrected chi connectivity index (χ3v) is 6.98. The van der Waals surface area contributed by atoms with Gasteiger partial charge in [-0.2, -0.15) is 0 Å². The minimum atomic E-state index is -0.557. The number of hydrogen-bond donors (Lipinski definition) is 2. The van der Waals surface area contributed by atoms with Crippen LogP contribution in [0.3, 0.4) is 0 Å². The summed E-state index contributed by atoms with van der Waals surface area (Å²) in [4.78, 5) is 0. The highest BCUT2D eigenvalue weighted by Crippen LogP contribution is 2.62. The number of benzene rings is 2. The van der Waals surface area contributed by atoms with Crippen LogP contribution in [0, 0.1) is 19.8 Å². The van der Waals surface area contributed by atoms with Crippen molar-refractivity contribution in [3.63, 3.8) is 0 Å². The number of halogens is 2. The minimum absolute atomic E-state index is 0.0117. The third-order valence-electron chi connectivity index (χ3n) is 6.07. The lowest BCUT2D eigenvalue weighted by atomic mass is 9.73.